The third kappa shape index (κ3) is 14.4. The molecule has 1 aromatic heterocycles. The van der Waals surface area contributed by atoms with E-state index in [1.54, 1.807) is 19.5 Å². The first-order chi connectivity index (χ1) is 26.2. The van der Waals surface area contributed by atoms with Crippen LogP contribution in [0.15, 0.2) is 54.9 Å². The molecule has 300 valence electrons. The molecule has 2 fully saturated rings. The molecule has 2 aliphatic rings. The Bertz CT molecular complexity index is 1370. The monoisotopic (exact) mass is 750 g/mol. The number of hydrogen-bond donors (Lipinski definition) is 4. The summed E-state index contributed by atoms with van der Waals surface area (Å²) in [6.45, 7) is 7.88. The molecule has 1 saturated heterocycles. The molecule has 1 aromatic carbocycles. The van der Waals surface area contributed by atoms with Crippen molar-refractivity contribution in [3.8, 4) is 0 Å². The lowest BCUT2D eigenvalue weighted by Gasteiger charge is -2.36. The van der Waals surface area contributed by atoms with Gasteiger partial charge in [0.1, 0.15) is 6.79 Å². The summed E-state index contributed by atoms with van der Waals surface area (Å²) in [5, 5.41) is 21.8. The molecule has 11 nitrogen and oxygen atoms in total. The number of unbranched alkanes of at least 4 members (excludes halogenated alkanes) is 1. The molecule has 1 aliphatic carbocycles. The maximum Gasteiger partial charge on any atom is 0.240 e. The number of aliphatic hydroxyl groups excluding tert-OH is 1. The van der Waals surface area contributed by atoms with E-state index >= 15 is 0 Å². The summed E-state index contributed by atoms with van der Waals surface area (Å²) in [5.74, 6) is -0.384. The minimum atomic E-state index is -0.912. The molecule has 11 heteroatoms. The van der Waals surface area contributed by atoms with Gasteiger partial charge in [-0.2, -0.15) is 0 Å². The predicted octanol–water partition coefficient (Wildman–Crippen LogP) is 5.55. The zero-order valence-electron chi connectivity index (χ0n) is 33.2. The highest BCUT2D eigenvalue weighted by Crippen LogP contribution is 2.30. The van der Waals surface area contributed by atoms with E-state index in [2.05, 4.69) is 27.9 Å². The van der Waals surface area contributed by atoms with Gasteiger partial charge in [0.25, 0.3) is 0 Å². The minimum absolute atomic E-state index is 0.0107. The van der Waals surface area contributed by atoms with Gasteiger partial charge in [-0.3, -0.25) is 24.7 Å². The van der Waals surface area contributed by atoms with E-state index < -0.39 is 30.1 Å². The van der Waals surface area contributed by atoms with E-state index in [9.17, 15) is 19.5 Å². The maximum absolute atomic E-state index is 14.4. The Morgan fingerprint density at radius 3 is 2.28 bits per heavy atom. The standard InChI is InChI=1S/C43H67N5O6/c1-5-6-17-37(46-39(27-33-15-11-8-12-16-33)43(52)48-24-20-35(21-25-48)54-30-53-4)42(51)47-38(26-32-13-9-7-10-14-32)40(49)28-36(31(2)3)41(50)45-29-34-18-22-44-23-19-34/h8,11-12,15-16,18-19,22-23,31-32,35-40,46,49H,5-7,9-10,13-14,17,20-21,24-30H2,1-4H3,(H,45,50)(H,47,51)/t36-,37-,38-,39-,40-/m0/s1. The fourth-order valence-corrected chi connectivity index (χ4v) is 7.94. The number of ether oxygens (including phenoxy) is 2. The number of amides is 3. The van der Waals surface area contributed by atoms with Gasteiger partial charge in [-0.25, -0.2) is 0 Å². The Kier molecular flexibility index (Phi) is 18.9. The van der Waals surface area contributed by atoms with Crippen molar-refractivity contribution in [3.05, 3.63) is 66.0 Å². The van der Waals surface area contributed by atoms with E-state index in [0.717, 1.165) is 62.5 Å². The van der Waals surface area contributed by atoms with Crippen LogP contribution in [0.1, 0.15) is 109 Å². The fraction of sp³-hybridized carbons (Fsp3) is 0.674. The number of carbonyl (C=O) groups excluding carboxylic acids is 3. The lowest BCUT2D eigenvalue weighted by Crippen LogP contribution is -2.58. The second kappa shape index (κ2) is 23.5. The number of nitrogens with one attached hydrogen (secondary N) is 3. The smallest absolute Gasteiger partial charge is 0.240 e. The highest BCUT2D eigenvalue weighted by atomic mass is 16.7. The van der Waals surface area contributed by atoms with Crippen LogP contribution in [0.4, 0.5) is 0 Å². The third-order valence-electron chi connectivity index (χ3n) is 11.3. The summed E-state index contributed by atoms with van der Waals surface area (Å²) in [5.41, 5.74) is 1.97. The molecule has 2 aromatic rings. The number of carbonyl (C=O) groups is 3. The second-order valence-corrected chi connectivity index (χ2v) is 15.8. The molecule has 0 radical (unpaired) electrons. The molecule has 1 saturated carbocycles. The zero-order valence-corrected chi connectivity index (χ0v) is 33.2. The molecular weight excluding hydrogens is 683 g/mol. The number of aliphatic hydroxyl groups is 1. The van der Waals surface area contributed by atoms with E-state index in [4.69, 9.17) is 9.47 Å². The first-order valence-electron chi connectivity index (χ1n) is 20.5. The number of rotatable bonds is 22. The number of aromatic nitrogens is 1. The van der Waals surface area contributed by atoms with Gasteiger partial charge < -0.3 is 30.1 Å². The summed E-state index contributed by atoms with van der Waals surface area (Å²) in [6, 6.07) is 11.9. The SMILES string of the molecule is CCCC[C@H](N[C@@H](Cc1ccccc1)C(=O)N1CCC(OCOC)CC1)C(=O)N[C@@H](CC1CCCCC1)[C@@H](O)C[C@H](C(=O)NCc1ccncc1)C(C)C. The van der Waals surface area contributed by atoms with E-state index in [-0.39, 0.29) is 43.0 Å². The summed E-state index contributed by atoms with van der Waals surface area (Å²) in [4.78, 5) is 48.1. The number of nitrogens with zero attached hydrogens (tertiary/aromatic N) is 2. The molecule has 4 rings (SSSR count). The topological polar surface area (TPSA) is 142 Å². The normalized spacial score (nSPS) is 18.4. The molecule has 5 atom stereocenters. The van der Waals surface area contributed by atoms with Crippen LogP contribution in [0.5, 0.6) is 0 Å². The van der Waals surface area contributed by atoms with Crippen LogP contribution in [0.25, 0.3) is 0 Å². The average molecular weight is 750 g/mol. The van der Waals surface area contributed by atoms with Gasteiger partial charge in [-0.05, 0) is 73.6 Å². The summed E-state index contributed by atoms with van der Waals surface area (Å²) in [6.07, 6.45) is 13.3. The fourth-order valence-electron chi connectivity index (χ4n) is 7.94. The van der Waals surface area contributed by atoms with Crippen LogP contribution >= 0.6 is 0 Å². The van der Waals surface area contributed by atoms with Gasteiger partial charge in [-0.1, -0.05) is 96.0 Å². The Morgan fingerprint density at radius 1 is 0.926 bits per heavy atom. The lowest BCUT2D eigenvalue weighted by atomic mass is 9.81. The largest absolute Gasteiger partial charge is 0.391 e. The number of pyridine rings is 1. The van der Waals surface area contributed by atoms with Crippen LogP contribution in [-0.2, 0) is 36.8 Å². The molecule has 4 N–H and O–H groups in total. The molecular formula is C43H67N5O6. The van der Waals surface area contributed by atoms with Crippen molar-refractivity contribution in [2.24, 2.45) is 17.8 Å². The van der Waals surface area contributed by atoms with Gasteiger partial charge in [0, 0.05) is 45.1 Å². The van der Waals surface area contributed by atoms with Crippen molar-refractivity contribution in [1.29, 1.82) is 0 Å². The molecule has 0 bridgehead atoms. The quantitative estimate of drug-likeness (QED) is 0.115. The Labute approximate surface area is 323 Å². The van der Waals surface area contributed by atoms with Gasteiger partial charge in [0.2, 0.25) is 17.7 Å². The molecule has 1 aliphatic heterocycles. The van der Waals surface area contributed by atoms with Gasteiger partial charge in [-0.15, -0.1) is 0 Å². The van der Waals surface area contributed by atoms with Crippen LogP contribution in [-0.4, -0.2) is 90.0 Å². The Balaban J connectivity index is 1.50. The molecule has 0 spiro atoms. The van der Waals surface area contributed by atoms with Crippen molar-refractivity contribution in [1.82, 2.24) is 25.8 Å². The predicted molar refractivity (Wildman–Crippen MR) is 211 cm³/mol. The first kappa shape index (κ1) is 43.3. The van der Waals surface area contributed by atoms with Gasteiger partial charge >= 0.3 is 0 Å². The van der Waals surface area contributed by atoms with E-state index in [1.165, 1.54) is 6.42 Å². The number of hydrogen-bond acceptors (Lipinski definition) is 8. The van der Waals surface area contributed by atoms with Crippen molar-refractivity contribution in [2.45, 2.75) is 141 Å². The zero-order chi connectivity index (χ0) is 38.7. The Hall–Kier alpha value is -3.38. The third-order valence-corrected chi connectivity index (χ3v) is 11.3. The van der Waals surface area contributed by atoms with Crippen LogP contribution in [0.2, 0.25) is 0 Å². The van der Waals surface area contributed by atoms with Crippen LogP contribution in [0.3, 0.4) is 0 Å². The molecule has 0 unspecified atom stereocenters. The Morgan fingerprint density at radius 2 is 1.63 bits per heavy atom. The van der Waals surface area contributed by atoms with Crippen LogP contribution < -0.4 is 16.0 Å². The molecule has 2 heterocycles. The average Bonchev–Trinajstić information content (AvgIpc) is 3.19. The summed E-state index contributed by atoms with van der Waals surface area (Å²) in [7, 11) is 1.61. The highest BCUT2D eigenvalue weighted by Gasteiger charge is 2.35. The molecule has 3 amide bonds. The van der Waals surface area contributed by atoms with Crippen molar-refractivity contribution in [2.75, 3.05) is 27.0 Å². The molecule has 54 heavy (non-hydrogen) atoms. The maximum atomic E-state index is 14.4. The number of methoxy groups -OCH3 is 1. The first-order valence-corrected chi connectivity index (χ1v) is 20.5. The number of piperidine rings is 1. The van der Waals surface area contributed by atoms with Gasteiger partial charge in [0.05, 0.1) is 30.3 Å². The van der Waals surface area contributed by atoms with Crippen molar-refractivity contribution in [3.63, 3.8) is 0 Å². The summed E-state index contributed by atoms with van der Waals surface area (Å²) < 4.78 is 10.9. The summed E-state index contributed by atoms with van der Waals surface area (Å²) >= 11 is 0. The lowest BCUT2D eigenvalue weighted by molar-refractivity contribution is -0.139. The van der Waals surface area contributed by atoms with Gasteiger partial charge in [0.15, 0.2) is 0 Å². The number of benzene rings is 1. The van der Waals surface area contributed by atoms with E-state index in [1.807, 2.05) is 61.2 Å². The highest BCUT2D eigenvalue weighted by molar-refractivity contribution is 5.86. The number of likely N-dealkylation sites (tertiary alicyclic amines) is 1. The van der Waals surface area contributed by atoms with Crippen molar-refractivity contribution < 1.29 is 29.0 Å². The van der Waals surface area contributed by atoms with E-state index in [0.29, 0.717) is 44.8 Å². The second-order valence-electron chi connectivity index (χ2n) is 15.8. The van der Waals surface area contributed by atoms with Crippen LogP contribution in [0, 0.1) is 17.8 Å². The van der Waals surface area contributed by atoms with Crippen molar-refractivity contribution >= 4 is 17.7 Å². The minimum Gasteiger partial charge on any atom is -0.391 e.